The molecule has 7 nitrogen and oxygen atoms in total. The van der Waals surface area contributed by atoms with Crippen molar-refractivity contribution in [2.24, 2.45) is 0 Å². The van der Waals surface area contributed by atoms with Crippen LogP contribution < -0.4 is 4.90 Å². The number of nitrogens with zero attached hydrogens (tertiary/aromatic N) is 2. The lowest BCUT2D eigenvalue weighted by Crippen LogP contribution is -2.29. The van der Waals surface area contributed by atoms with Gasteiger partial charge in [0.1, 0.15) is 0 Å². The van der Waals surface area contributed by atoms with Crippen molar-refractivity contribution in [2.75, 3.05) is 25.6 Å². The zero-order valence-electron chi connectivity index (χ0n) is 14.3. The normalized spacial score (nSPS) is 12.8. The third-order valence-corrected chi connectivity index (χ3v) is 3.96. The smallest absolute Gasteiger partial charge is 0.338 e. The SMILES string of the molecule is CN(C)C(=O)COC(=O)c1cccc(N2C(=O)c3ccccc3C2=O)c1. The lowest BCUT2D eigenvalue weighted by Gasteiger charge is -2.15. The summed E-state index contributed by atoms with van der Waals surface area (Å²) in [4.78, 5) is 51.0. The molecule has 0 radical (unpaired) electrons. The van der Waals surface area contributed by atoms with Gasteiger partial charge in [0.2, 0.25) is 0 Å². The average Bonchev–Trinajstić information content (AvgIpc) is 2.90. The molecule has 0 unspecified atom stereocenters. The molecule has 1 aliphatic rings. The van der Waals surface area contributed by atoms with E-state index in [1.165, 1.54) is 17.0 Å². The minimum atomic E-state index is -0.710. The summed E-state index contributed by atoms with van der Waals surface area (Å²) < 4.78 is 4.97. The first-order valence-electron chi connectivity index (χ1n) is 7.85. The molecule has 0 aromatic heterocycles. The van der Waals surface area contributed by atoms with Crippen LogP contribution in [0.1, 0.15) is 31.1 Å². The maximum absolute atomic E-state index is 12.5. The van der Waals surface area contributed by atoms with Gasteiger partial charge in [-0.25, -0.2) is 9.69 Å². The minimum absolute atomic E-state index is 0.144. The van der Waals surface area contributed by atoms with Gasteiger partial charge in [0.15, 0.2) is 6.61 Å². The second-order valence-electron chi connectivity index (χ2n) is 5.91. The molecule has 7 heteroatoms. The Balaban J connectivity index is 1.82. The number of fused-ring (bicyclic) bond motifs is 1. The number of imide groups is 1. The number of likely N-dealkylation sites (N-methyl/N-ethyl adjacent to an activating group) is 1. The number of amides is 3. The van der Waals surface area contributed by atoms with Crippen LogP contribution in [-0.2, 0) is 9.53 Å². The molecule has 0 fully saturated rings. The Hall–Kier alpha value is -3.48. The van der Waals surface area contributed by atoms with Gasteiger partial charge in [0.05, 0.1) is 22.4 Å². The first-order valence-corrected chi connectivity index (χ1v) is 7.85. The summed E-state index contributed by atoms with van der Waals surface area (Å²) in [6.07, 6.45) is 0. The Morgan fingerprint density at radius 3 is 2.15 bits per heavy atom. The Bertz CT molecular complexity index is 885. The predicted octanol–water partition coefficient (Wildman–Crippen LogP) is 1.73. The topological polar surface area (TPSA) is 84.0 Å². The largest absolute Gasteiger partial charge is 0.452 e. The van der Waals surface area contributed by atoms with Crippen LogP contribution in [-0.4, -0.2) is 49.3 Å². The molecule has 0 atom stereocenters. The van der Waals surface area contributed by atoms with Crippen molar-refractivity contribution in [2.45, 2.75) is 0 Å². The monoisotopic (exact) mass is 352 g/mol. The average molecular weight is 352 g/mol. The lowest BCUT2D eigenvalue weighted by molar-refractivity contribution is -0.131. The highest BCUT2D eigenvalue weighted by atomic mass is 16.5. The van der Waals surface area contributed by atoms with Gasteiger partial charge >= 0.3 is 5.97 Å². The van der Waals surface area contributed by atoms with Crippen LogP contribution in [0.4, 0.5) is 5.69 Å². The van der Waals surface area contributed by atoms with Gasteiger partial charge in [-0.05, 0) is 30.3 Å². The number of ether oxygens (including phenoxy) is 1. The van der Waals surface area contributed by atoms with Crippen molar-refractivity contribution in [1.29, 1.82) is 0 Å². The molecule has 1 aliphatic heterocycles. The van der Waals surface area contributed by atoms with Crippen molar-refractivity contribution < 1.29 is 23.9 Å². The third-order valence-electron chi connectivity index (χ3n) is 3.96. The van der Waals surface area contributed by atoms with E-state index in [-0.39, 0.29) is 23.8 Å². The molecule has 2 aromatic carbocycles. The number of esters is 1. The van der Waals surface area contributed by atoms with E-state index in [0.29, 0.717) is 11.1 Å². The van der Waals surface area contributed by atoms with Gasteiger partial charge in [-0.1, -0.05) is 18.2 Å². The summed E-state index contributed by atoms with van der Waals surface area (Å²) in [5.41, 5.74) is 1.05. The van der Waals surface area contributed by atoms with E-state index in [4.69, 9.17) is 4.74 Å². The molecule has 0 aliphatic carbocycles. The van der Waals surface area contributed by atoms with Crippen molar-refractivity contribution in [3.8, 4) is 0 Å². The first kappa shape index (κ1) is 17.3. The number of benzene rings is 2. The molecule has 0 N–H and O–H groups in total. The maximum atomic E-state index is 12.5. The second kappa shape index (κ2) is 6.79. The van der Waals surface area contributed by atoms with Crippen LogP contribution in [0.2, 0.25) is 0 Å². The van der Waals surface area contributed by atoms with Gasteiger partial charge in [0.25, 0.3) is 17.7 Å². The summed E-state index contributed by atoms with van der Waals surface area (Å²) in [6, 6.07) is 12.5. The predicted molar refractivity (Wildman–Crippen MR) is 93.0 cm³/mol. The van der Waals surface area contributed by atoms with Gasteiger partial charge < -0.3 is 9.64 Å². The number of hydrogen-bond donors (Lipinski definition) is 0. The zero-order valence-corrected chi connectivity index (χ0v) is 14.3. The van der Waals surface area contributed by atoms with Crippen LogP contribution in [0.15, 0.2) is 48.5 Å². The van der Waals surface area contributed by atoms with Crippen LogP contribution in [0.25, 0.3) is 0 Å². The molecule has 0 bridgehead atoms. The van der Waals surface area contributed by atoms with Gasteiger partial charge in [-0.15, -0.1) is 0 Å². The van der Waals surface area contributed by atoms with Crippen molar-refractivity contribution in [3.05, 3.63) is 65.2 Å². The Morgan fingerprint density at radius 1 is 0.962 bits per heavy atom. The third kappa shape index (κ3) is 3.06. The molecule has 26 heavy (non-hydrogen) atoms. The molecule has 0 spiro atoms. The Kier molecular flexibility index (Phi) is 4.53. The summed E-state index contributed by atoms with van der Waals surface area (Å²) in [5, 5.41) is 0. The highest BCUT2D eigenvalue weighted by Gasteiger charge is 2.36. The van der Waals surface area contributed by atoms with Crippen LogP contribution in [0.5, 0.6) is 0 Å². The van der Waals surface area contributed by atoms with Gasteiger partial charge in [-0.2, -0.15) is 0 Å². The van der Waals surface area contributed by atoms with E-state index in [2.05, 4.69) is 0 Å². The molecule has 0 saturated heterocycles. The molecular formula is C19H16N2O5. The zero-order chi connectivity index (χ0) is 18.8. The summed E-state index contributed by atoms with van der Waals surface area (Å²) in [7, 11) is 3.11. The van der Waals surface area contributed by atoms with E-state index in [1.807, 2.05) is 0 Å². The number of anilines is 1. The molecule has 3 rings (SSSR count). The fourth-order valence-corrected chi connectivity index (χ4v) is 2.54. The van der Waals surface area contributed by atoms with Crippen molar-refractivity contribution in [3.63, 3.8) is 0 Å². The minimum Gasteiger partial charge on any atom is -0.452 e. The number of carbonyl (C=O) groups excluding carboxylic acids is 4. The molecular weight excluding hydrogens is 336 g/mol. The number of hydrogen-bond acceptors (Lipinski definition) is 5. The summed E-state index contributed by atoms with van der Waals surface area (Å²) >= 11 is 0. The van der Waals surface area contributed by atoms with Crippen molar-refractivity contribution in [1.82, 2.24) is 4.90 Å². The van der Waals surface area contributed by atoms with E-state index >= 15 is 0 Å². The molecule has 1 heterocycles. The van der Waals surface area contributed by atoms with Crippen LogP contribution in [0, 0.1) is 0 Å². The maximum Gasteiger partial charge on any atom is 0.338 e. The second-order valence-corrected chi connectivity index (χ2v) is 5.91. The van der Waals surface area contributed by atoms with E-state index in [1.54, 1.807) is 50.5 Å². The van der Waals surface area contributed by atoms with E-state index in [0.717, 1.165) is 4.90 Å². The van der Waals surface area contributed by atoms with Gasteiger partial charge in [0, 0.05) is 14.1 Å². The fourth-order valence-electron chi connectivity index (χ4n) is 2.54. The standard InChI is InChI=1S/C19H16N2O5/c1-20(2)16(22)11-26-19(25)12-6-5-7-13(10-12)21-17(23)14-8-3-4-9-15(14)18(21)24/h3-10H,11H2,1-2H3. The van der Waals surface area contributed by atoms with E-state index in [9.17, 15) is 19.2 Å². The van der Waals surface area contributed by atoms with Crippen LogP contribution in [0.3, 0.4) is 0 Å². The number of carbonyl (C=O) groups is 4. The highest BCUT2D eigenvalue weighted by Crippen LogP contribution is 2.28. The summed E-state index contributed by atoms with van der Waals surface area (Å²) in [5.74, 6) is -1.95. The molecule has 2 aromatic rings. The fraction of sp³-hybridized carbons (Fsp3) is 0.158. The van der Waals surface area contributed by atoms with Crippen LogP contribution >= 0.6 is 0 Å². The highest BCUT2D eigenvalue weighted by molar-refractivity contribution is 6.34. The Labute approximate surface area is 149 Å². The summed E-state index contributed by atoms with van der Waals surface area (Å²) in [6.45, 7) is -0.386. The first-order chi connectivity index (χ1) is 12.4. The number of rotatable bonds is 4. The Morgan fingerprint density at radius 2 is 1.58 bits per heavy atom. The van der Waals surface area contributed by atoms with Gasteiger partial charge in [-0.3, -0.25) is 14.4 Å². The van der Waals surface area contributed by atoms with E-state index < -0.39 is 17.8 Å². The molecule has 3 amide bonds. The van der Waals surface area contributed by atoms with Crippen molar-refractivity contribution >= 4 is 29.4 Å². The molecule has 132 valence electrons. The lowest BCUT2D eigenvalue weighted by atomic mass is 10.1. The molecule has 0 saturated carbocycles. The quantitative estimate of drug-likeness (QED) is 0.618.